The third-order valence-electron chi connectivity index (χ3n) is 3.79. The van der Waals surface area contributed by atoms with Crippen LogP contribution in [-0.2, 0) is 0 Å². The molecule has 0 amide bonds. The van der Waals surface area contributed by atoms with Crippen LogP contribution >= 0.6 is 11.6 Å². The molecular formula is C17H29ClN2. The molecule has 1 rings (SSSR count). The fourth-order valence-electron chi connectivity index (χ4n) is 2.21. The van der Waals surface area contributed by atoms with Gasteiger partial charge in [-0.2, -0.15) is 0 Å². The average molecular weight is 297 g/mol. The molecule has 114 valence electrons. The van der Waals surface area contributed by atoms with Crippen LogP contribution < -0.4 is 5.32 Å². The monoisotopic (exact) mass is 296 g/mol. The van der Waals surface area contributed by atoms with Gasteiger partial charge in [-0.1, -0.05) is 37.6 Å². The molecule has 2 nitrogen and oxygen atoms in total. The second kappa shape index (κ2) is 9.38. The quantitative estimate of drug-likeness (QED) is 0.681. The molecule has 0 aliphatic heterocycles. The summed E-state index contributed by atoms with van der Waals surface area (Å²) in [7, 11) is 2.18. The van der Waals surface area contributed by atoms with Crippen LogP contribution in [0, 0.1) is 5.92 Å². The standard InChI is InChI=1S/C17H29ClN2/c1-14(2)6-5-11-19-12-13-20(4)15(3)16-7-9-17(18)10-8-16/h7-10,14-15,19H,5-6,11-13H2,1-4H3. The van der Waals surface area contributed by atoms with E-state index in [1.807, 2.05) is 12.1 Å². The number of rotatable bonds is 9. The molecule has 3 heteroatoms. The molecule has 0 heterocycles. The largest absolute Gasteiger partial charge is 0.315 e. The zero-order valence-corrected chi connectivity index (χ0v) is 14.1. The summed E-state index contributed by atoms with van der Waals surface area (Å²) in [5.74, 6) is 0.810. The van der Waals surface area contributed by atoms with Gasteiger partial charge in [-0.15, -0.1) is 0 Å². The highest BCUT2D eigenvalue weighted by molar-refractivity contribution is 6.30. The Morgan fingerprint density at radius 1 is 1.10 bits per heavy atom. The lowest BCUT2D eigenvalue weighted by atomic mass is 10.1. The van der Waals surface area contributed by atoms with Gasteiger partial charge in [-0.05, 0) is 57.0 Å². The zero-order valence-electron chi connectivity index (χ0n) is 13.3. The van der Waals surface area contributed by atoms with Crippen molar-refractivity contribution in [3.63, 3.8) is 0 Å². The maximum Gasteiger partial charge on any atom is 0.0406 e. The number of nitrogens with one attached hydrogen (secondary N) is 1. The SMILES string of the molecule is CC(C)CCCNCCN(C)C(C)c1ccc(Cl)cc1. The predicted molar refractivity (Wildman–Crippen MR) is 89.4 cm³/mol. The van der Waals surface area contributed by atoms with E-state index >= 15 is 0 Å². The third-order valence-corrected chi connectivity index (χ3v) is 4.04. The molecule has 0 saturated heterocycles. The lowest BCUT2D eigenvalue weighted by molar-refractivity contribution is 0.261. The van der Waals surface area contributed by atoms with Gasteiger partial charge in [0.1, 0.15) is 0 Å². The Labute approximate surface area is 129 Å². The summed E-state index contributed by atoms with van der Waals surface area (Å²) in [5.41, 5.74) is 1.32. The van der Waals surface area contributed by atoms with Gasteiger partial charge in [0, 0.05) is 24.2 Å². The van der Waals surface area contributed by atoms with Gasteiger partial charge < -0.3 is 5.32 Å². The smallest absolute Gasteiger partial charge is 0.0406 e. The second-order valence-electron chi connectivity index (χ2n) is 5.99. The van der Waals surface area contributed by atoms with Crippen LogP contribution in [0.1, 0.15) is 45.2 Å². The van der Waals surface area contributed by atoms with E-state index in [2.05, 4.69) is 50.2 Å². The summed E-state index contributed by atoms with van der Waals surface area (Å²) in [4.78, 5) is 2.37. The van der Waals surface area contributed by atoms with Crippen LogP contribution in [0.3, 0.4) is 0 Å². The first-order chi connectivity index (χ1) is 9.50. The van der Waals surface area contributed by atoms with E-state index < -0.39 is 0 Å². The highest BCUT2D eigenvalue weighted by Gasteiger charge is 2.10. The van der Waals surface area contributed by atoms with Gasteiger partial charge in [0.25, 0.3) is 0 Å². The molecule has 20 heavy (non-hydrogen) atoms. The summed E-state index contributed by atoms with van der Waals surface area (Å²) in [5, 5.41) is 4.33. The van der Waals surface area contributed by atoms with Gasteiger partial charge in [0.15, 0.2) is 0 Å². The Morgan fingerprint density at radius 3 is 2.35 bits per heavy atom. The van der Waals surface area contributed by atoms with Crippen LogP contribution in [0.15, 0.2) is 24.3 Å². The van der Waals surface area contributed by atoms with Crippen LogP contribution in [0.2, 0.25) is 5.02 Å². The molecular weight excluding hydrogens is 268 g/mol. The summed E-state index contributed by atoms with van der Waals surface area (Å²) >= 11 is 5.93. The van der Waals surface area contributed by atoms with Gasteiger partial charge in [-0.3, -0.25) is 4.90 Å². The minimum Gasteiger partial charge on any atom is -0.315 e. The number of halogens is 1. The van der Waals surface area contributed by atoms with Crippen molar-refractivity contribution in [2.45, 2.75) is 39.7 Å². The normalized spacial score (nSPS) is 13.2. The van der Waals surface area contributed by atoms with E-state index in [9.17, 15) is 0 Å². The average Bonchev–Trinajstić information content (AvgIpc) is 2.42. The maximum atomic E-state index is 5.93. The molecule has 0 saturated carbocycles. The lowest BCUT2D eigenvalue weighted by Gasteiger charge is -2.25. The van der Waals surface area contributed by atoms with E-state index in [1.165, 1.54) is 18.4 Å². The highest BCUT2D eigenvalue weighted by atomic mass is 35.5. The lowest BCUT2D eigenvalue weighted by Crippen LogP contribution is -2.31. The van der Waals surface area contributed by atoms with Crippen LogP contribution in [0.4, 0.5) is 0 Å². The van der Waals surface area contributed by atoms with Gasteiger partial charge in [-0.25, -0.2) is 0 Å². The van der Waals surface area contributed by atoms with Crippen molar-refractivity contribution in [3.05, 3.63) is 34.9 Å². The number of nitrogens with zero attached hydrogens (tertiary/aromatic N) is 1. The second-order valence-corrected chi connectivity index (χ2v) is 6.43. The van der Waals surface area contributed by atoms with Crippen molar-refractivity contribution in [1.29, 1.82) is 0 Å². The number of likely N-dealkylation sites (N-methyl/N-ethyl adjacent to an activating group) is 1. The van der Waals surface area contributed by atoms with E-state index in [0.717, 1.165) is 30.6 Å². The van der Waals surface area contributed by atoms with E-state index in [1.54, 1.807) is 0 Å². The number of benzene rings is 1. The Hall–Kier alpha value is -0.570. The van der Waals surface area contributed by atoms with E-state index in [0.29, 0.717) is 6.04 Å². The molecule has 1 unspecified atom stereocenters. The summed E-state index contributed by atoms with van der Waals surface area (Å²) < 4.78 is 0. The first-order valence-corrected chi connectivity index (χ1v) is 8.05. The molecule has 0 fully saturated rings. The van der Waals surface area contributed by atoms with Crippen molar-refractivity contribution >= 4 is 11.6 Å². The molecule has 0 spiro atoms. The molecule has 0 aliphatic carbocycles. The Morgan fingerprint density at radius 2 is 1.75 bits per heavy atom. The summed E-state index contributed by atoms with van der Waals surface area (Å²) in [6.07, 6.45) is 2.58. The minimum absolute atomic E-state index is 0.421. The summed E-state index contributed by atoms with van der Waals surface area (Å²) in [6, 6.07) is 8.57. The van der Waals surface area contributed by atoms with Crippen molar-refractivity contribution in [2.75, 3.05) is 26.7 Å². The molecule has 0 radical (unpaired) electrons. The topological polar surface area (TPSA) is 15.3 Å². The molecule has 0 bridgehead atoms. The van der Waals surface area contributed by atoms with Crippen molar-refractivity contribution in [3.8, 4) is 0 Å². The van der Waals surface area contributed by atoms with Gasteiger partial charge >= 0.3 is 0 Å². The molecule has 0 aromatic heterocycles. The van der Waals surface area contributed by atoms with Crippen molar-refractivity contribution in [2.24, 2.45) is 5.92 Å². The third kappa shape index (κ3) is 6.74. The number of hydrogen-bond acceptors (Lipinski definition) is 2. The molecule has 1 aromatic carbocycles. The predicted octanol–water partition coefficient (Wildman–Crippen LogP) is 4.36. The Kier molecular flexibility index (Phi) is 8.20. The molecule has 0 aliphatic rings. The maximum absolute atomic E-state index is 5.93. The van der Waals surface area contributed by atoms with E-state index in [4.69, 9.17) is 11.6 Å². The molecule has 1 atom stereocenters. The van der Waals surface area contributed by atoms with Crippen LogP contribution in [-0.4, -0.2) is 31.6 Å². The highest BCUT2D eigenvalue weighted by Crippen LogP contribution is 2.20. The van der Waals surface area contributed by atoms with Gasteiger partial charge in [0.05, 0.1) is 0 Å². The number of hydrogen-bond donors (Lipinski definition) is 1. The molecule has 1 N–H and O–H groups in total. The van der Waals surface area contributed by atoms with Crippen molar-refractivity contribution < 1.29 is 0 Å². The minimum atomic E-state index is 0.421. The van der Waals surface area contributed by atoms with Crippen LogP contribution in [0.25, 0.3) is 0 Å². The fourth-order valence-corrected chi connectivity index (χ4v) is 2.33. The Bertz CT molecular complexity index is 362. The first-order valence-electron chi connectivity index (χ1n) is 7.67. The van der Waals surface area contributed by atoms with Gasteiger partial charge in [0.2, 0.25) is 0 Å². The zero-order chi connectivity index (χ0) is 15.0. The fraction of sp³-hybridized carbons (Fsp3) is 0.647. The van der Waals surface area contributed by atoms with Crippen molar-refractivity contribution in [1.82, 2.24) is 10.2 Å². The summed E-state index contributed by atoms with van der Waals surface area (Å²) in [6.45, 7) is 10.0. The Balaban J connectivity index is 2.21. The molecule has 1 aromatic rings. The van der Waals surface area contributed by atoms with Crippen LogP contribution in [0.5, 0.6) is 0 Å². The first kappa shape index (κ1) is 17.5. The van der Waals surface area contributed by atoms with E-state index in [-0.39, 0.29) is 0 Å².